The van der Waals surface area contributed by atoms with Gasteiger partial charge in [0.15, 0.2) is 0 Å². The predicted molar refractivity (Wildman–Crippen MR) is 95.0 cm³/mol. The highest BCUT2D eigenvalue weighted by Crippen LogP contribution is 2.22. The number of nitrogens with zero attached hydrogens (tertiary/aromatic N) is 1. The lowest BCUT2D eigenvalue weighted by molar-refractivity contribution is 0.0162. The molecule has 2 aromatic rings. The lowest BCUT2D eigenvalue weighted by Crippen LogP contribution is -2.43. The minimum Gasteiger partial charge on any atom is -0.379 e. The first-order valence-electron chi connectivity index (χ1n) is 8.56. The van der Waals surface area contributed by atoms with Crippen molar-refractivity contribution in [1.82, 2.24) is 10.2 Å². The molecule has 1 saturated heterocycles. The molecular formula is C20H23FN2O2. The molecule has 0 saturated carbocycles. The zero-order chi connectivity index (χ0) is 17.6. The molecular weight excluding hydrogens is 319 g/mol. The van der Waals surface area contributed by atoms with Crippen LogP contribution in [0.4, 0.5) is 4.39 Å². The Bertz CT molecular complexity index is 712. The molecule has 5 heteroatoms. The summed E-state index contributed by atoms with van der Waals surface area (Å²) >= 11 is 0. The maximum absolute atomic E-state index is 13.8. The van der Waals surface area contributed by atoms with E-state index in [-0.39, 0.29) is 17.5 Å². The van der Waals surface area contributed by atoms with Crippen molar-refractivity contribution < 1.29 is 13.9 Å². The summed E-state index contributed by atoms with van der Waals surface area (Å²) in [6.45, 7) is 5.47. The average Bonchev–Trinajstić information content (AvgIpc) is 2.64. The fourth-order valence-corrected chi connectivity index (χ4v) is 3.07. The summed E-state index contributed by atoms with van der Waals surface area (Å²) < 4.78 is 19.2. The van der Waals surface area contributed by atoms with Gasteiger partial charge in [-0.25, -0.2) is 4.39 Å². The van der Waals surface area contributed by atoms with E-state index in [1.165, 1.54) is 17.7 Å². The molecule has 0 radical (unpaired) electrons. The van der Waals surface area contributed by atoms with Crippen molar-refractivity contribution in [2.45, 2.75) is 13.0 Å². The van der Waals surface area contributed by atoms with Gasteiger partial charge in [0.25, 0.3) is 5.91 Å². The summed E-state index contributed by atoms with van der Waals surface area (Å²) in [6, 6.07) is 14.4. The Morgan fingerprint density at radius 3 is 2.52 bits per heavy atom. The van der Waals surface area contributed by atoms with E-state index in [4.69, 9.17) is 4.74 Å². The van der Waals surface area contributed by atoms with E-state index >= 15 is 0 Å². The fourth-order valence-electron chi connectivity index (χ4n) is 3.07. The van der Waals surface area contributed by atoms with Crippen LogP contribution in [0.1, 0.15) is 27.5 Å². The predicted octanol–water partition coefficient (Wildman–Crippen LogP) is 2.94. The SMILES string of the molecule is Cc1ccc([C@H](CNC(=O)c2ccccc2F)N2CCOCC2)cc1. The van der Waals surface area contributed by atoms with Gasteiger partial charge in [0.1, 0.15) is 5.82 Å². The summed E-state index contributed by atoms with van der Waals surface area (Å²) in [7, 11) is 0. The van der Waals surface area contributed by atoms with Crippen LogP contribution in [0.5, 0.6) is 0 Å². The van der Waals surface area contributed by atoms with E-state index in [0.29, 0.717) is 19.8 Å². The van der Waals surface area contributed by atoms with E-state index < -0.39 is 5.82 Å². The van der Waals surface area contributed by atoms with Crippen molar-refractivity contribution in [1.29, 1.82) is 0 Å². The molecule has 0 aromatic heterocycles. The summed E-state index contributed by atoms with van der Waals surface area (Å²) in [5.41, 5.74) is 2.41. The number of rotatable bonds is 5. The maximum atomic E-state index is 13.8. The normalized spacial score (nSPS) is 16.4. The second-order valence-corrected chi connectivity index (χ2v) is 6.26. The minimum absolute atomic E-state index is 0.0419. The van der Waals surface area contributed by atoms with Crippen LogP contribution in [-0.2, 0) is 4.74 Å². The first-order chi connectivity index (χ1) is 12.1. The number of carbonyl (C=O) groups is 1. The number of hydrogen-bond donors (Lipinski definition) is 1. The zero-order valence-electron chi connectivity index (χ0n) is 14.4. The Labute approximate surface area is 147 Å². The molecule has 1 heterocycles. The molecule has 1 amide bonds. The van der Waals surface area contributed by atoms with Crippen molar-refractivity contribution in [3.63, 3.8) is 0 Å². The summed E-state index contributed by atoms with van der Waals surface area (Å²) in [5.74, 6) is -0.887. The van der Waals surface area contributed by atoms with Crippen molar-refractivity contribution >= 4 is 5.91 Å². The number of carbonyl (C=O) groups excluding carboxylic acids is 1. The molecule has 1 atom stereocenters. The van der Waals surface area contributed by atoms with Gasteiger partial charge >= 0.3 is 0 Å². The number of morpholine rings is 1. The molecule has 4 nitrogen and oxygen atoms in total. The van der Waals surface area contributed by atoms with Gasteiger partial charge in [-0.3, -0.25) is 9.69 Å². The Morgan fingerprint density at radius 1 is 1.16 bits per heavy atom. The highest BCUT2D eigenvalue weighted by atomic mass is 19.1. The maximum Gasteiger partial charge on any atom is 0.254 e. The van der Waals surface area contributed by atoms with Gasteiger partial charge in [-0.15, -0.1) is 0 Å². The van der Waals surface area contributed by atoms with E-state index in [1.807, 2.05) is 6.92 Å². The van der Waals surface area contributed by atoms with Gasteiger partial charge < -0.3 is 10.1 Å². The Morgan fingerprint density at radius 2 is 1.84 bits per heavy atom. The molecule has 1 N–H and O–H groups in total. The Kier molecular flexibility index (Phi) is 5.79. The lowest BCUT2D eigenvalue weighted by atomic mass is 10.0. The summed E-state index contributed by atoms with van der Waals surface area (Å²) in [5, 5.41) is 2.89. The van der Waals surface area contributed by atoms with Crippen molar-refractivity contribution in [3.05, 3.63) is 71.0 Å². The summed E-state index contributed by atoms with van der Waals surface area (Å²) in [6.07, 6.45) is 0. The van der Waals surface area contributed by atoms with Crippen LogP contribution in [-0.4, -0.2) is 43.7 Å². The third-order valence-electron chi connectivity index (χ3n) is 4.52. The van der Waals surface area contributed by atoms with E-state index in [2.05, 4.69) is 34.5 Å². The Hall–Kier alpha value is -2.24. The number of nitrogens with one attached hydrogen (secondary N) is 1. The standard InChI is InChI=1S/C20H23FN2O2/c1-15-6-8-16(9-7-15)19(23-10-12-25-13-11-23)14-22-20(24)17-4-2-3-5-18(17)21/h2-9,19H,10-14H2,1H3,(H,22,24)/t19-/m0/s1. The molecule has 1 fully saturated rings. The number of aryl methyl sites for hydroxylation is 1. The van der Waals surface area contributed by atoms with E-state index in [9.17, 15) is 9.18 Å². The number of ether oxygens (including phenoxy) is 1. The second kappa shape index (κ2) is 8.23. The number of benzene rings is 2. The number of hydrogen-bond acceptors (Lipinski definition) is 3. The summed E-state index contributed by atoms with van der Waals surface area (Å²) in [4.78, 5) is 14.6. The molecule has 2 aromatic carbocycles. The third kappa shape index (κ3) is 4.44. The van der Waals surface area contributed by atoms with Crippen LogP contribution in [0.25, 0.3) is 0 Å². The van der Waals surface area contributed by atoms with Crippen LogP contribution < -0.4 is 5.32 Å². The van der Waals surface area contributed by atoms with Crippen molar-refractivity contribution in [2.24, 2.45) is 0 Å². The molecule has 25 heavy (non-hydrogen) atoms. The topological polar surface area (TPSA) is 41.6 Å². The highest BCUT2D eigenvalue weighted by Gasteiger charge is 2.23. The van der Waals surface area contributed by atoms with Crippen LogP contribution in [0.15, 0.2) is 48.5 Å². The van der Waals surface area contributed by atoms with Crippen molar-refractivity contribution in [2.75, 3.05) is 32.8 Å². The zero-order valence-corrected chi connectivity index (χ0v) is 14.4. The fraction of sp³-hybridized carbons (Fsp3) is 0.350. The largest absolute Gasteiger partial charge is 0.379 e. The molecule has 1 aliphatic heterocycles. The van der Waals surface area contributed by atoms with Crippen LogP contribution in [0, 0.1) is 12.7 Å². The first kappa shape index (κ1) is 17.6. The third-order valence-corrected chi connectivity index (χ3v) is 4.52. The van der Waals surface area contributed by atoms with Crippen LogP contribution in [0.2, 0.25) is 0 Å². The highest BCUT2D eigenvalue weighted by molar-refractivity contribution is 5.94. The van der Waals surface area contributed by atoms with Gasteiger partial charge in [0.2, 0.25) is 0 Å². The monoisotopic (exact) mass is 342 g/mol. The second-order valence-electron chi connectivity index (χ2n) is 6.26. The molecule has 0 spiro atoms. The van der Waals surface area contributed by atoms with Gasteiger partial charge in [0.05, 0.1) is 24.8 Å². The molecule has 0 aliphatic carbocycles. The van der Waals surface area contributed by atoms with E-state index in [1.54, 1.807) is 12.1 Å². The van der Waals surface area contributed by atoms with Gasteiger partial charge in [-0.2, -0.15) is 0 Å². The number of halogens is 1. The lowest BCUT2D eigenvalue weighted by Gasteiger charge is -2.35. The molecule has 3 rings (SSSR count). The molecule has 132 valence electrons. The Balaban J connectivity index is 1.74. The van der Waals surface area contributed by atoms with Gasteiger partial charge in [0, 0.05) is 19.6 Å². The van der Waals surface area contributed by atoms with Crippen LogP contribution in [0.3, 0.4) is 0 Å². The molecule has 0 unspecified atom stereocenters. The van der Waals surface area contributed by atoms with Crippen LogP contribution >= 0.6 is 0 Å². The van der Waals surface area contributed by atoms with Crippen molar-refractivity contribution in [3.8, 4) is 0 Å². The average molecular weight is 342 g/mol. The molecule has 0 bridgehead atoms. The first-order valence-corrected chi connectivity index (χ1v) is 8.56. The van der Waals surface area contributed by atoms with Gasteiger partial charge in [-0.1, -0.05) is 42.0 Å². The quantitative estimate of drug-likeness (QED) is 0.908. The van der Waals surface area contributed by atoms with E-state index in [0.717, 1.165) is 18.7 Å². The smallest absolute Gasteiger partial charge is 0.254 e. The molecule has 1 aliphatic rings. The minimum atomic E-state index is -0.502. The van der Waals surface area contributed by atoms with Gasteiger partial charge in [-0.05, 0) is 24.6 Å². The number of amides is 1.